The number of hydrogen-bond donors (Lipinski definition) is 0. The van der Waals surface area contributed by atoms with Crippen molar-refractivity contribution in [2.75, 3.05) is 38.5 Å². The first-order chi connectivity index (χ1) is 9.83. The zero-order valence-electron chi connectivity index (χ0n) is 13.4. The molecule has 1 spiro atoms. The third kappa shape index (κ3) is 2.86. The van der Waals surface area contributed by atoms with Gasteiger partial charge in [-0.2, -0.15) is 11.8 Å². The topological polar surface area (TPSA) is 6.48 Å². The standard InChI is InChI=1S/C16H28F2N2S/c1-12(2)8-19-6-5-15(16(17,18)11-19)9-20(10-15)13(3)14-4-7-21-14/h12-14H,4-11H2,1-3H3. The average molecular weight is 318 g/mol. The second-order valence-corrected chi connectivity index (χ2v) is 9.05. The number of piperidine rings is 1. The Morgan fingerprint density at radius 2 is 1.86 bits per heavy atom. The van der Waals surface area contributed by atoms with Gasteiger partial charge in [0.25, 0.3) is 5.92 Å². The fraction of sp³-hybridized carbons (Fsp3) is 1.00. The molecule has 0 aromatic rings. The molecule has 3 saturated heterocycles. The maximum atomic E-state index is 14.7. The summed E-state index contributed by atoms with van der Waals surface area (Å²) in [5.41, 5.74) is -0.733. The second-order valence-electron chi connectivity index (χ2n) is 7.71. The van der Waals surface area contributed by atoms with Crippen LogP contribution in [0.1, 0.15) is 33.6 Å². The van der Waals surface area contributed by atoms with Crippen molar-refractivity contribution in [2.24, 2.45) is 11.3 Å². The smallest absolute Gasteiger partial charge is 0.268 e. The summed E-state index contributed by atoms with van der Waals surface area (Å²) in [7, 11) is 0. The molecule has 21 heavy (non-hydrogen) atoms. The van der Waals surface area contributed by atoms with Crippen LogP contribution in [0.25, 0.3) is 0 Å². The Bertz CT molecular complexity index is 378. The molecule has 3 rings (SSSR count). The molecule has 0 radical (unpaired) electrons. The van der Waals surface area contributed by atoms with Gasteiger partial charge in [0.15, 0.2) is 0 Å². The second kappa shape index (κ2) is 5.64. The lowest BCUT2D eigenvalue weighted by molar-refractivity contribution is -0.231. The van der Waals surface area contributed by atoms with Crippen LogP contribution in [0.5, 0.6) is 0 Å². The fourth-order valence-electron chi connectivity index (χ4n) is 4.03. The van der Waals surface area contributed by atoms with Gasteiger partial charge in [0, 0.05) is 30.9 Å². The molecule has 3 aliphatic rings. The highest BCUT2D eigenvalue weighted by Gasteiger charge is 2.63. The quantitative estimate of drug-likeness (QED) is 0.786. The number of halogens is 2. The van der Waals surface area contributed by atoms with E-state index in [1.165, 1.54) is 12.2 Å². The minimum Gasteiger partial charge on any atom is -0.298 e. The van der Waals surface area contributed by atoms with Crippen molar-refractivity contribution in [2.45, 2.75) is 50.8 Å². The Hall–Kier alpha value is 0.130. The molecule has 2 atom stereocenters. The summed E-state index contributed by atoms with van der Waals surface area (Å²) >= 11 is 2.00. The van der Waals surface area contributed by atoms with Gasteiger partial charge in [-0.3, -0.25) is 9.80 Å². The largest absolute Gasteiger partial charge is 0.298 e. The van der Waals surface area contributed by atoms with Crippen LogP contribution in [0.4, 0.5) is 8.78 Å². The van der Waals surface area contributed by atoms with Crippen LogP contribution in [-0.2, 0) is 0 Å². The van der Waals surface area contributed by atoms with Gasteiger partial charge in [-0.05, 0) is 38.0 Å². The van der Waals surface area contributed by atoms with Crippen LogP contribution in [-0.4, -0.2) is 65.5 Å². The number of likely N-dealkylation sites (tertiary alicyclic amines) is 2. The van der Waals surface area contributed by atoms with Crippen LogP contribution >= 0.6 is 11.8 Å². The maximum absolute atomic E-state index is 14.7. The van der Waals surface area contributed by atoms with Crippen LogP contribution in [0.2, 0.25) is 0 Å². The van der Waals surface area contributed by atoms with Gasteiger partial charge in [-0.15, -0.1) is 0 Å². The summed E-state index contributed by atoms with van der Waals surface area (Å²) in [5.74, 6) is -0.819. The lowest BCUT2D eigenvalue weighted by atomic mass is 9.68. The maximum Gasteiger partial charge on any atom is 0.268 e. The first-order valence-corrected chi connectivity index (χ1v) is 9.34. The molecule has 5 heteroatoms. The van der Waals surface area contributed by atoms with Crippen molar-refractivity contribution in [1.82, 2.24) is 9.80 Å². The molecule has 0 N–H and O–H groups in total. The molecular weight excluding hydrogens is 290 g/mol. The third-order valence-corrected chi connectivity index (χ3v) is 7.12. The summed E-state index contributed by atoms with van der Waals surface area (Å²) in [4.78, 5) is 4.26. The number of thioether (sulfide) groups is 1. The van der Waals surface area contributed by atoms with Crippen molar-refractivity contribution >= 4 is 11.8 Å². The molecule has 0 amide bonds. The van der Waals surface area contributed by atoms with Gasteiger partial charge in [0.05, 0.1) is 12.0 Å². The van der Waals surface area contributed by atoms with Crippen molar-refractivity contribution < 1.29 is 8.78 Å². The molecule has 0 aromatic carbocycles. The summed E-state index contributed by atoms with van der Waals surface area (Å²) in [5, 5.41) is 0.678. The average Bonchev–Trinajstić information content (AvgIpc) is 2.21. The minimum atomic E-state index is -2.52. The van der Waals surface area contributed by atoms with E-state index in [2.05, 4.69) is 25.7 Å². The number of alkyl halides is 2. The molecule has 122 valence electrons. The highest BCUT2D eigenvalue weighted by molar-refractivity contribution is 8.01. The Morgan fingerprint density at radius 3 is 2.33 bits per heavy atom. The van der Waals surface area contributed by atoms with E-state index in [0.29, 0.717) is 36.7 Å². The van der Waals surface area contributed by atoms with Crippen molar-refractivity contribution in [3.63, 3.8) is 0 Å². The van der Waals surface area contributed by atoms with Crippen molar-refractivity contribution in [3.05, 3.63) is 0 Å². The fourth-order valence-corrected chi connectivity index (χ4v) is 4.99. The lowest BCUT2D eigenvalue weighted by Gasteiger charge is -2.60. The van der Waals surface area contributed by atoms with Gasteiger partial charge >= 0.3 is 0 Å². The Morgan fingerprint density at radius 1 is 1.19 bits per heavy atom. The molecule has 0 aliphatic carbocycles. The van der Waals surface area contributed by atoms with Crippen LogP contribution in [0.3, 0.4) is 0 Å². The molecule has 0 saturated carbocycles. The summed E-state index contributed by atoms with van der Waals surface area (Å²) in [6, 6.07) is 0.471. The molecule has 2 unspecified atom stereocenters. The highest BCUT2D eigenvalue weighted by Crippen LogP contribution is 2.51. The van der Waals surface area contributed by atoms with Crippen molar-refractivity contribution in [3.8, 4) is 0 Å². The van der Waals surface area contributed by atoms with Gasteiger partial charge in [-0.1, -0.05) is 13.8 Å². The Balaban J connectivity index is 1.57. The third-order valence-electron chi connectivity index (χ3n) is 5.59. The molecular formula is C16H28F2N2S. The normalized spacial score (nSPS) is 33.7. The molecule has 0 aromatic heterocycles. The monoisotopic (exact) mass is 318 g/mol. The van der Waals surface area contributed by atoms with Gasteiger partial charge in [-0.25, -0.2) is 8.78 Å². The Kier molecular flexibility index (Phi) is 4.30. The SMILES string of the molecule is CC(C)CN1CCC2(CN(C(C)C3CCS3)C2)C(F)(F)C1. The van der Waals surface area contributed by atoms with Gasteiger partial charge < -0.3 is 0 Å². The predicted molar refractivity (Wildman–Crippen MR) is 85.2 cm³/mol. The van der Waals surface area contributed by atoms with Gasteiger partial charge in [0.1, 0.15) is 0 Å². The molecule has 2 nitrogen and oxygen atoms in total. The first-order valence-electron chi connectivity index (χ1n) is 8.29. The van der Waals surface area contributed by atoms with E-state index in [4.69, 9.17) is 0 Å². The summed E-state index contributed by atoms with van der Waals surface area (Å²) in [6.07, 6.45) is 1.92. The zero-order chi connectivity index (χ0) is 15.3. The summed E-state index contributed by atoms with van der Waals surface area (Å²) < 4.78 is 29.3. The molecule has 3 fully saturated rings. The van der Waals surface area contributed by atoms with Crippen LogP contribution in [0.15, 0.2) is 0 Å². The lowest BCUT2D eigenvalue weighted by Crippen LogP contribution is -2.72. The van der Waals surface area contributed by atoms with Crippen LogP contribution in [0, 0.1) is 11.3 Å². The molecule has 0 bridgehead atoms. The predicted octanol–water partition coefficient (Wildman–Crippen LogP) is 3.18. The zero-order valence-corrected chi connectivity index (χ0v) is 14.3. The van der Waals surface area contributed by atoms with Gasteiger partial charge in [0.2, 0.25) is 0 Å². The first kappa shape index (κ1) is 16.0. The molecule has 3 aliphatic heterocycles. The highest BCUT2D eigenvalue weighted by atomic mass is 32.2. The van der Waals surface area contributed by atoms with E-state index in [1.807, 2.05) is 16.7 Å². The van der Waals surface area contributed by atoms with Crippen molar-refractivity contribution in [1.29, 1.82) is 0 Å². The van der Waals surface area contributed by atoms with E-state index >= 15 is 0 Å². The summed E-state index contributed by atoms with van der Waals surface area (Å²) in [6.45, 7) is 9.23. The van der Waals surface area contributed by atoms with E-state index in [9.17, 15) is 8.78 Å². The van der Waals surface area contributed by atoms with E-state index in [1.54, 1.807) is 0 Å². The number of hydrogen-bond acceptors (Lipinski definition) is 3. The number of rotatable bonds is 4. The van der Waals surface area contributed by atoms with Crippen LogP contribution < -0.4 is 0 Å². The minimum absolute atomic E-state index is 0.0361. The van der Waals surface area contributed by atoms with E-state index in [0.717, 1.165) is 13.1 Å². The molecule has 3 heterocycles. The Labute approximate surface area is 131 Å². The van der Waals surface area contributed by atoms with E-state index in [-0.39, 0.29) is 6.54 Å². The van der Waals surface area contributed by atoms with E-state index < -0.39 is 11.3 Å². The number of nitrogens with zero attached hydrogens (tertiary/aromatic N) is 2.